The van der Waals surface area contributed by atoms with Crippen LogP contribution in [0, 0.1) is 5.92 Å². The lowest BCUT2D eigenvalue weighted by Gasteiger charge is -2.15. The lowest BCUT2D eigenvalue weighted by Crippen LogP contribution is -2.37. The molecule has 7 heteroatoms. The summed E-state index contributed by atoms with van der Waals surface area (Å²) >= 11 is 0. The summed E-state index contributed by atoms with van der Waals surface area (Å²) in [7, 11) is 1.61. The van der Waals surface area contributed by atoms with Crippen molar-refractivity contribution in [2.75, 3.05) is 46.4 Å². The van der Waals surface area contributed by atoms with Crippen LogP contribution in [-0.2, 0) is 14.3 Å². The molecule has 20 heavy (non-hydrogen) atoms. The Morgan fingerprint density at radius 2 is 2.15 bits per heavy atom. The summed E-state index contributed by atoms with van der Waals surface area (Å²) in [5, 5.41) is 6.09. The Morgan fingerprint density at radius 3 is 2.80 bits per heavy atom. The molecule has 0 aromatic rings. The van der Waals surface area contributed by atoms with Crippen LogP contribution in [0.4, 0.5) is 0 Å². The number of methoxy groups -OCH3 is 1. The van der Waals surface area contributed by atoms with Gasteiger partial charge in [-0.05, 0) is 13.0 Å². The highest BCUT2D eigenvalue weighted by Crippen LogP contribution is 2.17. The van der Waals surface area contributed by atoms with Crippen LogP contribution in [0.25, 0.3) is 0 Å². The number of amides is 2. The van der Waals surface area contributed by atoms with Crippen LogP contribution in [0.5, 0.6) is 0 Å². The zero-order valence-corrected chi connectivity index (χ0v) is 13.1. The average Bonchev–Trinajstić information content (AvgIpc) is 2.77. The molecule has 0 aromatic heterocycles. The number of carbonyl (C=O) groups is 2. The number of hydrogen-bond acceptors (Lipinski definition) is 4. The molecular weight excluding hydrogens is 282 g/mol. The first kappa shape index (κ1) is 19.1. The largest absolute Gasteiger partial charge is 0.383 e. The molecule has 1 heterocycles. The minimum Gasteiger partial charge on any atom is -0.383 e. The van der Waals surface area contributed by atoms with Crippen molar-refractivity contribution < 1.29 is 14.3 Å². The summed E-state index contributed by atoms with van der Waals surface area (Å²) in [6.07, 6.45) is 1.40. The molecule has 0 bridgehead atoms. The van der Waals surface area contributed by atoms with E-state index in [9.17, 15) is 9.59 Å². The molecule has 1 aliphatic rings. The first-order valence-electron chi connectivity index (χ1n) is 6.94. The van der Waals surface area contributed by atoms with Gasteiger partial charge in [-0.3, -0.25) is 9.59 Å². The van der Waals surface area contributed by atoms with Crippen LogP contribution in [0.1, 0.15) is 19.8 Å². The van der Waals surface area contributed by atoms with Crippen LogP contribution in [0.15, 0.2) is 0 Å². The van der Waals surface area contributed by atoms with Crippen LogP contribution in [0.3, 0.4) is 0 Å². The lowest BCUT2D eigenvalue weighted by molar-refractivity contribution is -0.129. The zero-order chi connectivity index (χ0) is 14.1. The monoisotopic (exact) mass is 307 g/mol. The SMILES string of the molecule is CCCNCCNC(=O)C1CC(=O)N(CCOC)C1.Cl. The van der Waals surface area contributed by atoms with E-state index in [2.05, 4.69) is 17.6 Å². The Hall–Kier alpha value is -0.850. The fourth-order valence-corrected chi connectivity index (χ4v) is 2.09. The number of halogens is 1. The molecule has 0 saturated carbocycles. The highest BCUT2D eigenvalue weighted by Gasteiger charge is 2.33. The summed E-state index contributed by atoms with van der Waals surface area (Å²) in [6, 6.07) is 0. The fraction of sp³-hybridized carbons (Fsp3) is 0.846. The second-order valence-corrected chi connectivity index (χ2v) is 4.77. The minimum absolute atomic E-state index is 0. The molecule has 1 rings (SSSR count). The number of likely N-dealkylation sites (tertiary alicyclic amines) is 1. The molecule has 118 valence electrons. The molecule has 1 unspecified atom stereocenters. The minimum atomic E-state index is -0.212. The number of rotatable bonds is 9. The molecule has 0 aliphatic carbocycles. The van der Waals surface area contributed by atoms with Gasteiger partial charge in [0.1, 0.15) is 0 Å². The fourth-order valence-electron chi connectivity index (χ4n) is 2.09. The quantitative estimate of drug-likeness (QED) is 0.589. The van der Waals surface area contributed by atoms with Crippen molar-refractivity contribution in [1.82, 2.24) is 15.5 Å². The molecule has 0 aromatic carbocycles. The van der Waals surface area contributed by atoms with Crippen molar-refractivity contribution in [2.24, 2.45) is 5.92 Å². The van der Waals surface area contributed by atoms with Crippen molar-refractivity contribution in [3.63, 3.8) is 0 Å². The zero-order valence-electron chi connectivity index (χ0n) is 12.3. The highest BCUT2D eigenvalue weighted by atomic mass is 35.5. The molecule has 2 N–H and O–H groups in total. The maximum atomic E-state index is 11.9. The first-order chi connectivity index (χ1) is 9.19. The maximum Gasteiger partial charge on any atom is 0.225 e. The van der Waals surface area contributed by atoms with Gasteiger partial charge in [0.15, 0.2) is 0 Å². The second-order valence-electron chi connectivity index (χ2n) is 4.77. The van der Waals surface area contributed by atoms with Crippen molar-refractivity contribution in [1.29, 1.82) is 0 Å². The van der Waals surface area contributed by atoms with Crippen LogP contribution in [-0.4, -0.2) is 63.2 Å². The molecule has 0 radical (unpaired) electrons. The van der Waals surface area contributed by atoms with Gasteiger partial charge < -0.3 is 20.3 Å². The number of hydrogen-bond donors (Lipinski definition) is 2. The average molecular weight is 308 g/mol. The highest BCUT2D eigenvalue weighted by molar-refractivity contribution is 5.89. The van der Waals surface area contributed by atoms with E-state index in [1.807, 2.05) is 0 Å². The van der Waals surface area contributed by atoms with E-state index in [1.165, 1.54) is 0 Å². The van der Waals surface area contributed by atoms with Crippen molar-refractivity contribution in [3.8, 4) is 0 Å². The van der Waals surface area contributed by atoms with Gasteiger partial charge in [-0.1, -0.05) is 6.92 Å². The smallest absolute Gasteiger partial charge is 0.225 e. The predicted octanol–water partition coefficient (Wildman–Crippen LogP) is 0.0189. The van der Waals surface area contributed by atoms with Gasteiger partial charge in [0.25, 0.3) is 0 Å². The van der Waals surface area contributed by atoms with Crippen molar-refractivity contribution in [2.45, 2.75) is 19.8 Å². The third kappa shape index (κ3) is 6.54. The third-order valence-electron chi connectivity index (χ3n) is 3.18. The van der Waals surface area contributed by atoms with Crippen molar-refractivity contribution >= 4 is 24.2 Å². The second kappa shape index (κ2) is 10.9. The third-order valence-corrected chi connectivity index (χ3v) is 3.18. The van der Waals surface area contributed by atoms with Crippen LogP contribution in [0.2, 0.25) is 0 Å². The predicted molar refractivity (Wildman–Crippen MR) is 80.0 cm³/mol. The molecule has 1 fully saturated rings. The Morgan fingerprint density at radius 1 is 1.40 bits per heavy atom. The van der Waals surface area contributed by atoms with Crippen LogP contribution >= 0.6 is 12.4 Å². The van der Waals surface area contributed by atoms with E-state index in [4.69, 9.17) is 4.74 Å². The van der Waals surface area contributed by atoms with E-state index in [1.54, 1.807) is 12.0 Å². The molecule has 1 saturated heterocycles. The summed E-state index contributed by atoms with van der Waals surface area (Å²) < 4.78 is 4.95. The molecule has 2 amide bonds. The molecular formula is C13H26ClN3O3. The van der Waals surface area contributed by atoms with Crippen molar-refractivity contribution in [3.05, 3.63) is 0 Å². The number of nitrogens with zero attached hydrogens (tertiary/aromatic N) is 1. The Bertz CT molecular complexity index is 303. The van der Waals surface area contributed by atoms with Gasteiger partial charge in [0.05, 0.1) is 12.5 Å². The first-order valence-corrected chi connectivity index (χ1v) is 6.94. The van der Waals surface area contributed by atoms with E-state index < -0.39 is 0 Å². The van der Waals surface area contributed by atoms with E-state index in [0.717, 1.165) is 19.5 Å². The number of nitrogens with one attached hydrogen (secondary N) is 2. The Balaban J connectivity index is 0.00000361. The number of ether oxygens (including phenoxy) is 1. The Labute approximate surface area is 127 Å². The van der Waals surface area contributed by atoms with Gasteiger partial charge in [0.2, 0.25) is 11.8 Å². The summed E-state index contributed by atoms with van der Waals surface area (Å²) in [5.41, 5.74) is 0. The van der Waals surface area contributed by atoms with E-state index in [0.29, 0.717) is 32.7 Å². The van der Waals surface area contributed by atoms with Gasteiger partial charge in [-0.25, -0.2) is 0 Å². The summed E-state index contributed by atoms with van der Waals surface area (Å²) in [4.78, 5) is 25.3. The maximum absolute atomic E-state index is 11.9. The van der Waals surface area contributed by atoms with E-state index in [-0.39, 0.29) is 30.1 Å². The summed E-state index contributed by atoms with van der Waals surface area (Å²) in [6.45, 7) is 6.04. The molecule has 1 aliphatic heterocycles. The Kier molecular flexibility index (Phi) is 10.4. The normalized spacial score (nSPS) is 18.0. The van der Waals surface area contributed by atoms with Gasteiger partial charge in [0, 0.05) is 39.7 Å². The topological polar surface area (TPSA) is 70.7 Å². The van der Waals surface area contributed by atoms with Gasteiger partial charge >= 0.3 is 0 Å². The molecule has 6 nitrogen and oxygen atoms in total. The van der Waals surface area contributed by atoms with Gasteiger partial charge in [-0.15, -0.1) is 12.4 Å². The summed E-state index contributed by atoms with van der Waals surface area (Å²) in [5.74, 6) is -0.191. The van der Waals surface area contributed by atoms with Crippen LogP contribution < -0.4 is 10.6 Å². The number of carbonyl (C=O) groups excluding carboxylic acids is 2. The molecule has 1 atom stereocenters. The standard InChI is InChI=1S/C13H25N3O3.ClH/c1-3-4-14-5-6-15-13(18)11-9-12(17)16(10-11)7-8-19-2;/h11,14H,3-10H2,1-2H3,(H,15,18);1H. The molecule has 0 spiro atoms. The lowest BCUT2D eigenvalue weighted by atomic mass is 10.1. The van der Waals surface area contributed by atoms with Gasteiger partial charge in [-0.2, -0.15) is 0 Å². The van der Waals surface area contributed by atoms with E-state index >= 15 is 0 Å².